The van der Waals surface area contributed by atoms with E-state index in [1.54, 1.807) is 0 Å². The summed E-state index contributed by atoms with van der Waals surface area (Å²) in [6.45, 7) is 4.84. The molecule has 0 atom stereocenters. The molecule has 0 radical (unpaired) electrons. The number of hydrogen-bond acceptors (Lipinski definition) is 2. The van der Waals surface area contributed by atoms with Crippen LogP contribution in [0.3, 0.4) is 0 Å². The Kier molecular flexibility index (Phi) is 2.68. The number of nitrogens with one attached hydrogen (secondary N) is 1. The van der Waals surface area contributed by atoms with E-state index >= 15 is 0 Å². The predicted molar refractivity (Wildman–Crippen MR) is 70.9 cm³/mol. The zero-order valence-electron chi connectivity index (χ0n) is 9.38. The highest BCUT2D eigenvalue weighted by Gasteiger charge is 2.40. The smallest absolute Gasteiger partial charge is 0.0377 e. The molecule has 2 heterocycles. The van der Waals surface area contributed by atoms with Crippen LogP contribution in [0, 0.1) is 5.41 Å². The molecule has 0 aliphatic carbocycles. The van der Waals surface area contributed by atoms with Crippen molar-refractivity contribution in [1.82, 2.24) is 5.32 Å². The summed E-state index contributed by atoms with van der Waals surface area (Å²) in [7, 11) is 0. The number of piperidine rings is 1. The lowest BCUT2D eigenvalue weighted by Crippen LogP contribution is -2.61. The Morgan fingerprint density at radius 1 is 1.31 bits per heavy atom. The number of nitrogens with zero attached hydrogens (tertiary/aromatic N) is 1. The lowest BCUT2D eigenvalue weighted by Gasteiger charge is -2.50. The topological polar surface area (TPSA) is 15.3 Å². The van der Waals surface area contributed by atoms with E-state index in [0.717, 1.165) is 0 Å². The molecule has 2 aliphatic heterocycles. The summed E-state index contributed by atoms with van der Waals surface area (Å²) in [4.78, 5) is 2.54. The van der Waals surface area contributed by atoms with Gasteiger partial charge in [-0.05, 0) is 31.0 Å². The molecule has 16 heavy (non-hydrogen) atoms. The maximum absolute atomic E-state index is 3.55. The van der Waals surface area contributed by atoms with Crippen molar-refractivity contribution in [1.29, 1.82) is 0 Å². The zero-order valence-corrected chi connectivity index (χ0v) is 11.0. The highest BCUT2D eigenvalue weighted by molar-refractivity contribution is 9.10. The van der Waals surface area contributed by atoms with Crippen molar-refractivity contribution in [2.75, 3.05) is 31.1 Å². The minimum atomic E-state index is 0.570. The third-order valence-corrected chi connectivity index (χ3v) is 4.33. The summed E-state index contributed by atoms with van der Waals surface area (Å²) in [6, 6.07) is 8.66. The summed E-state index contributed by atoms with van der Waals surface area (Å²) in [5.41, 5.74) is 1.93. The molecular formula is C13H17BrN2. The van der Waals surface area contributed by atoms with Crippen molar-refractivity contribution >= 4 is 21.6 Å². The number of rotatable bonds is 1. The summed E-state index contributed by atoms with van der Waals surface area (Å²) < 4.78 is 1.18. The average Bonchev–Trinajstić information content (AvgIpc) is 2.27. The number of hydrogen-bond donors (Lipinski definition) is 1. The van der Waals surface area contributed by atoms with Gasteiger partial charge in [-0.15, -0.1) is 0 Å². The van der Waals surface area contributed by atoms with Crippen LogP contribution in [-0.4, -0.2) is 26.2 Å². The van der Waals surface area contributed by atoms with Crippen LogP contribution in [0.4, 0.5) is 5.69 Å². The minimum Gasteiger partial charge on any atom is -0.371 e. The van der Waals surface area contributed by atoms with Crippen LogP contribution in [0.5, 0.6) is 0 Å². The highest BCUT2D eigenvalue weighted by Crippen LogP contribution is 2.35. The number of anilines is 1. The molecule has 86 valence electrons. The average molecular weight is 281 g/mol. The highest BCUT2D eigenvalue weighted by atomic mass is 79.9. The second-order valence-electron chi connectivity index (χ2n) is 5.11. The molecular weight excluding hydrogens is 264 g/mol. The Bertz CT molecular complexity index is 387. The largest absolute Gasteiger partial charge is 0.371 e. The van der Waals surface area contributed by atoms with Gasteiger partial charge in [-0.2, -0.15) is 0 Å². The van der Waals surface area contributed by atoms with Gasteiger partial charge in [0.2, 0.25) is 0 Å². The maximum Gasteiger partial charge on any atom is 0.0377 e. The van der Waals surface area contributed by atoms with E-state index in [1.807, 2.05) is 0 Å². The van der Waals surface area contributed by atoms with E-state index in [4.69, 9.17) is 0 Å². The fourth-order valence-electron chi connectivity index (χ4n) is 2.87. The zero-order chi connectivity index (χ0) is 11.0. The quantitative estimate of drug-likeness (QED) is 0.851. The van der Waals surface area contributed by atoms with Crippen LogP contribution in [0.1, 0.15) is 12.8 Å². The standard InChI is InChI=1S/C13H17BrN2/c14-11-3-1-4-12(7-11)16-6-2-5-13(10-16)8-15-9-13/h1,3-4,7,15H,2,5-6,8-10H2. The second kappa shape index (κ2) is 4.04. The van der Waals surface area contributed by atoms with E-state index < -0.39 is 0 Å². The van der Waals surface area contributed by atoms with Crippen molar-refractivity contribution in [3.8, 4) is 0 Å². The first kappa shape index (κ1) is 10.6. The molecule has 0 aromatic heterocycles. The fraction of sp³-hybridized carbons (Fsp3) is 0.538. The van der Waals surface area contributed by atoms with Crippen LogP contribution in [0.25, 0.3) is 0 Å². The van der Waals surface area contributed by atoms with Gasteiger partial charge in [0.05, 0.1) is 0 Å². The number of halogens is 1. The van der Waals surface area contributed by atoms with E-state index in [1.165, 1.54) is 49.2 Å². The predicted octanol–water partition coefficient (Wildman–Crippen LogP) is 2.64. The first-order valence-corrected chi connectivity index (χ1v) is 6.78. The SMILES string of the molecule is Brc1cccc(N2CCCC3(CNC3)C2)c1. The Labute approximate surface area is 105 Å². The summed E-state index contributed by atoms with van der Waals surface area (Å²) >= 11 is 3.55. The van der Waals surface area contributed by atoms with Gasteiger partial charge in [-0.3, -0.25) is 0 Å². The van der Waals surface area contributed by atoms with E-state index in [2.05, 4.69) is 50.4 Å². The molecule has 1 N–H and O–H groups in total. The lowest BCUT2D eigenvalue weighted by atomic mass is 9.75. The van der Waals surface area contributed by atoms with Crippen LogP contribution in [0.15, 0.2) is 28.7 Å². The fourth-order valence-corrected chi connectivity index (χ4v) is 3.26. The molecule has 0 unspecified atom stereocenters. The Morgan fingerprint density at radius 3 is 2.88 bits per heavy atom. The third-order valence-electron chi connectivity index (χ3n) is 3.83. The Balaban J connectivity index is 1.79. The Hall–Kier alpha value is -0.540. The minimum absolute atomic E-state index is 0.570. The van der Waals surface area contributed by atoms with Gasteiger partial charge in [0.25, 0.3) is 0 Å². The molecule has 2 fully saturated rings. The molecule has 1 spiro atoms. The molecule has 1 aromatic rings. The van der Waals surface area contributed by atoms with E-state index in [0.29, 0.717) is 5.41 Å². The third kappa shape index (κ3) is 1.87. The summed E-state index contributed by atoms with van der Waals surface area (Å²) in [5, 5.41) is 3.42. The maximum atomic E-state index is 3.55. The molecule has 3 rings (SSSR count). The van der Waals surface area contributed by atoms with Gasteiger partial charge in [0.1, 0.15) is 0 Å². The first-order valence-electron chi connectivity index (χ1n) is 5.99. The van der Waals surface area contributed by atoms with Crippen LogP contribution in [-0.2, 0) is 0 Å². The van der Waals surface area contributed by atoms with Gasteiger partial charge in [0.15, 0.2) is 0 Å². The van der Waals surface area contributed by atoms with Crippen molar-refractivity contribution in [2.24, 2.45) is 5.41 Å². The van der Waals surface area contributed by atoms with Crippen LogP contribution in [0.2, 0.25) is 0 Å². The molecule has 0 bridgehead atoms. The molecule has 2 aliphatic rings. The Morgan fingerprint density at radius 2 is 2.19 bits per heavy atom. The molecule has 0 amide bonds. The molecule has 3 heteroatoms. The summed E-state index contributed by atoms with van der Waals surface area (Å²) in [6.07, 6.45) is 2.72. The van der Waals surface area contributed by atoms with Crippen LogP contribution >= 0.6 is 15.9 Å². The summed E-state index contributed by atoms with van der Waals surface area (Å²) in [5.74, 6) is 0. The van der Waals surface area contributed by atoms with Crippen LogP contribution < -0.4 is 10.2 Å². The molecule has 0 saturated carbocycles. The van der Waals surface area contributed by atoms with Crippen molar-refractivity contribution in [2.45, 2.75) is 12.8 Å². The lowest BCUT2D eigenvalue weighted by molar-refractivity contribution is 0.138. The monoisotopic (exact) mass is 280 g/mol. The van der Waals surface area contributed by atoms with Gasteiger partial charge >= 0.3 is 0 Å². The first-order chi connectivity index (χ1) is 7.77. The molecule has 2 saturated heterocycles. The number of benzene rings is 1. The van der Waals surface area contributed by atoms with Crippen molar-refractivity contribution in [3.05, 3.63) is 28.7 Å². The van der Waals surface area contributed by atoms with Crippen molar-refractivity contribution < 1.29 is 0 Å². The molecule has 1 aromatic carbocycles. The van der Waals surface area contributed by atoms with E-state index in [9.17, 15) is 0 Å². The van der Waals surface area contributed by atoms with Gasteiger partial charge in [0, 0.05) is 41.8 Å². The van der Waals surface area contributed by atoms with Gasteiger partial charge < -0.3 is 10.2 Å². The normalized spacial score (nSPS) is 23.2. The molecule has 2 nitrogen and oxygen atoms in total. The van der Waals surface area contributed by atoms with E-state index in [-0.39, 0.29) is 0 Å². The van der Waals surface area contributed by atoms with Gasteiger partial charge in [-0.25, -0.2) is 0 Å². The van der Waals surface area contributed by atoms with Gasteiger partial charge in [-0.1, -0.05) is 22.0 Å². The second-order valence-corrected chi connectivity index (χ2v) is 6.02. The van der Waals surface area contributed by atoms with Crippen molar-refractivity contribution in [3.63, 3.8) is 0 Å².